The molecule has 1 heterocycles. The molecule has 2 N–H and O–H groups in total. The van der Waals surface area contributed by atoms with Gasteiger partial charge in [0.05, 0.1) is 6.54 Å². The van der Waals surface area contributed by atoms with Crippen LogP contribution in [0.2, 0.25) is 0 Å². The van der Waals surface area contributed by atoms with Crippen LogP contribution in [-0.4, -0.2) is 49.1 Å². The second-order valence-corrected chi connectivity index (χ2v) is 7.32. The van der Waals surface area contributed by atoms with Crippen molar-refractivity contribution in [3.8, 4) is 11.3 Å². The lowest BCUT2D eigenvalue weighted by atomic mass is 10.1. The SMILES string of the molecule is CCNC(=NCc1cc(-c2ccccc2)on1)NCCc1cccc(C(=O)N(C)C)c1.I. The molecule has 7 nitrogen and oxygen atoms in total. The molecule has 1 aromatic heterocycles. The molecule has 3 aromatic rings. The minimum absolute atomic E-state index is 0. The Morgan fingerprint density at radius 1 is 1.06 bits per heavy atom. The van der Waals surface area contributed by atoms with Gasteiger partial charge in [-0.3, -0.25) is 4.79 Å². The van der Waals surface area contributed by atoms with Gasteiger partial charge in [-0.1, -0.05) is 47.6 Å². The van der Waals surface area contributed by atoms with Crippen LogP contribution in [0.3, 0.4) is 0 Å². The van der Waals surface area contributed by atoms with Gasteiger partial charge in [-0.2, -0.15) is 0 Å². The summed E-state index contributed by atoms with van der Waals surface area (Å²) in [6.07, 6.45) is 0.779. The Morgan fingerprint density at radius 2 is 1.84 bits per heavy atom. The van der Waals surface area contributed by atoms with Gasteiger partial charge in [-0.05, 0) is 31.0 Å². The molecule has 1 amide bonds. The molecule has 0 aliphatic rings. The average Bonchev–Trinajstić information content (AvgIpc) is 3.27. The Hall–Kier alpha value is -2.88. The van der Waals surface area contributed by atoms with Crippen molar-refractivity contribution < 1.29 is 9.32 Å². The zero-order valence-electron chi connectivity index (χ0n) is 18.7. The van der Waals surface area contributed by atoms with Gasteiger partial charge in [0.2, 0.25) is 0 Å². The van der Waals surface area contributed by atoms with Crippen LogP contribution in [0.4, 0.5) is 0 Å². The molecule has 3 rings (SSSR count). The molecule has 8 heteroatoms. The van der Waals surface area contributed by atoms with Crippen molar-refractivity contribution in [3.63, 3.8) is 0 Å². The molecule has 0 aliphatic heterocycles. The minimum atomic E-state index is 0. The molecule has 0 spiro atoms. The molecule has 0 unspecified atom stereocenters. The summed E-state index contributed by atoms with van der Waals surface area (Å²) in [5.74, 6) is 1.45. The summed E-state index contributed by atoms with van der Waals surface area (Å²) < 4.78 is 5.44. The van der Waals surface area contributed by atoms with Crippen molar-refractivity contribution in [2.45, 2.75) is 19.9 Å². The Labute approximate surface area is 206 Å². The lowest BCUT2D eigenvalue weighted by Gasteiger charge is -2.13. The molecule has 0 radical (unpaired) electrons. The van der Waals surface area contributed by atoms with Crippen LogP contribution in [-0.2, 0) is 13.0 Å². The smallest absolute Gasteiger partial charge is 0.253 e. The number of rotatable bonds is 8. The molecule has 0 aliphatic carbocycles. The summed E-state index contributed by atoms with van der Waals surface area (Å²) in [6.45, 7) is 3.89. The number of carbonyl (C=O) groups is 1. The number of hydrogen-bond acceptors (Lipinski definition) is 4. The van der Waals surface area contributed by atoms with Crippen molar-refractivity contribution in [1.29, 1.82) is 0 Å². The molecule has 0 bridgehead atoms. The molecular weight excluding hydrogens is 517 g/mol. The third-order valence-electron chi connectivity index (χ3n) is 4.65. The molecule has 32 heavy (non-hydrogen) atoms. The summed E-state index contributed by atoms with van der Waals surface area (Å²) in [6, 6.07) is 19.5. The van der Waals surface area contributed by atoms with Gasteiger partial charge in [0.15, 0.2) is 11.7 Å². The van der Waals surface area contributed by atoms with Gasteiger partial charge < -0.3 is 20.1 Å². The minimum Gasteiger partial charge on any atom is -0.357 e. The van der Waals surface area contributed by atoms with Crippen LogP contribution in [0.1, 0.15) is 28.5 Å². The standard InChI is InChI=1S/C24H29N5O2.HI/c1-4-25-24(26-14-13-18-9-8-12-20(15-18)23(30)29(2)3)27-17-21-16-22(31-28-21)19-10-6-5-7-11-19;/h5-12,15-16H,4,13-14,17H2,1-3H3,(H2,25,26,27);1H. The lowest BCUT2D eigenvalue weighted by Crippen LogP contribution is -2.38. The second kappa shape index (κ2) is 12.8. The number of carbonyl (C=O) groups excluding carboxylic acids is 1. The monoisotopic (exact) mass is 547 g/mol. The van der Waals surface area contributed by atoms with E-state index >= 15 is 0 Å². The molecule has 170 valence electrons. The number of aromatic nitrogens is 1. The van der Waals surface area contributed by atoms with Gasteiger partial charge in [0.25, 0.3) is 5.91 Å². The zero-order valence-corrected chi connectivity index (χ0v) is 21.0. The summed E-state index contributed by atoms with van der Waals surface area (Å²) in [4.78, 5) is 18.3. The van der Waals surface area contributed by atoms with E-state index in [0.29, 0.717) is 24.6 Å². The highest BCUT2D eigenvalue weighted by Gasteiger charge is 2.09. The highest BCUT2D eigenvalue weighted by atomic mass is 127. The van der Waals surface area contributed by atoms with Crippen LogP contribution >= 0.6 is 24.0 Å². The normalized spacial score (nSPS) is 10.9. The van der Waals surface area contributed by atoms with E-state index in [1.807, 2.05) is 67.6 Å². The Bertz CT molecular complexity index is 1020. The van der Waals surface area contributed by atoms with E-state index in [1.165, 1.54) is 0 Å². The van der Waals surface area contributed by atoms with Crippen molar-refractivity contribution in [3.05, 3.63) is 77.5 Å². The Kier molecular flexibility index (Phi) is 10.2. The second-order valence-electron chi connectivity index (χ2n) is 7.32. The summed E-state index contributed by atoms with van der Waals surface area (Å²) in [5.41, 5.74) is 3.56. The summed E-state index contributed by atoms with van der Waals surface area (Å²) >= 11 is 0. The third kappa shape index (κ3) is 7.37. The van der Waals surface area contributed by atoms with Gasteiger partial charge in [0, 0.05) is 44.4 Å². The quantitative estimate of drug-likeness (QED) is 0.254. The number of amides is 1. The van der Waals surface area contributed by atoms with Crippen molar-refractivity contribution >= 4 is 35.8 Å². The number of guanidine groups is 1. The maximum absolute atomic E-state index is 12.1. The summed E-state index contributed by atoms with van der Waals surface area (Å²) in [5, 5.41) is 10.7. The van der Waals surface area contributed by atoms with E-state index in [0.717, 1.165) is 35.5 Å². The van der Waals surface area contributed by atoms with E-state index in [9.17, 15) is 4.79 Å². The van der Waals surface area contributed by atoms with Gasteiger partial charge in [-0.15, -0.1) is 24.0 Å². The van der Waals surface area contributed by atoms with E-state index < -0.39 is 0 Å². The maximum atomic E-state index is 12.1. The highest BCUT2D eigenvalue weighted by molar-refractivity contribution is 14.0. The fourth-order valence-electron chi connectivity index (χ4n) is 3.07. The van der Waals surface area contributed by atoms with E-state index in [-0.39, 0.29) is 29.9 Å². The Morgan fingerprint density at radius 3 is 2.56 bits per heavy atom. The number of hydrogen-bond donors (Lipinski definition) is 2. The van der Waals surface area contributed by atoms with Gasteiger partial charge >= 0.3 is 0 Å². The summed E-state index contributed by atoms with van der Waals surface area (Å²) in [7, 11) is 3.51. The van der Waals surface area contributed by atoms with E-state index in [1.54, 1.807) is 19.0 Å². The van der Waals surface area contributed by atoms with Crippen molar-refractivity contribution in [2.75, 3.05) is 27.2 Å². The zero-order chi connectivity index (χ0) is 22.1. The van der Waals surface area contributed by atoms with Crippen LogP contribution < -0.4 is 10.6 Å². The van der Waals surface area contributed by atoms with Crippen LogP contribution in [0.25, 0.3) is 11.3 Å². The fourth-order valence-corrected chi connectivity index (χ4v) is 3.07. The molecule has 2 aromatic carbocycles. The molecule has 0 saturated heterocycles. The molecule has 0 fully saturated rings. The first-order valence-electron chi connectivity index (χ1n) is 10.4. The number of nitrogens with zero attached hydrogens (tertiary/aromatic N) is 3. The first-order valence-corrected chi connectivity index (χ1v) is 10.4. The number of nitrogens with one attached hydrogen (secondary N) is 2. The van der Waals surface area contributed by atoms with Crippen molar-refractivity contribution in [2.24, 2.45) is 4.99 Å². The topological polar surface area (TPSA) is 82.8 Å². The Balaban J connectivity index is 0.00000363. The average molecular weight is 547 g/mol. The van der Waals surface area contributed by atoms with Crippen LogP contribution in [0.5, 0.6) is 0 Å². The van der Waals surface area contributed by atoms with E-state index in [2.05, 4.69) is 20.8 Å². The molecule has 0 saturated carbocycles. The van der Waals surface area contributed by atoms with E-state index in [4.69, 9.17) is 4.52 Å². The fraction of sp³-hybridized carbons (Fsp3) is 0.292. The van der Waals surface area contributed by atoms with Gasteiger partial charge in [0.1, 0.15) is 5.69 Å². The van der Waals surface area contributed by atoms with Crippen LogP contribution in [0, 0.1) is 0 Å². The maximum Gasteiger partial charge on any atom is 0.253 e. The van der Waals surface area contributed by atoms with Crippen LogP contribution in [0.15, 0.2) is 70.2 Å². The molecular formula is C24H30IN5O2. The first-order chi connectivity index (χ1) is 15.1. The lowest BCUT2D eigenvalue weighted by molar-refractivity contribution is 0.0827. The first kappa shape index (κ1) is 25.4. The predicted molar refractivity (Wildman–Crippen MR) is 138 cm³/mol. The highest BCUT2D eigenvalue weighted by Crippen LogP contribution is 2.19. The molecule has 0 atom stereocenters. The number of aliphatic imine (C=N–C) groups is 1. The largest absolute Gasteiger partial charge is 0.357 e. The van der Waals surface area contributed by atoms with Crippen molar-refractivity contribution in [1.82, 2.24) is 20.7 Å². The predicted octanol–water partition coefficient (Wildman–Crippen LogP) is 3.96. The third-order valence-corrected chi connectivity index (χ3v) is 4.65. The number of benzene rings is 2. The van der Waals surface area contributed by atoms with Gasteiger partial charge in [-0.25, -0.2) is 4.99 Å². The number of halogens is 1.